The number of hydrogen-bond acceptors (Lipinski definition) is 4. The molecule has 0 spiro atoms. The van der Waals surface area contributed by atoms with Gasteiger partial charge in [-0.25, -0.2) is 12.8 Å². The van der Waals surface area contributed by atoms with Crippen molar-refractivity contribution < 1.29 is 17.6 Å². The highest BCUT2D eigenvalue weighted by Crippen LogP contribution is 2.25. The molecule has 122 valence electrons. The molecule has 1 saturated carbocycles. The summed E-state index contributed by atoms with van der Waals surface area (Å²) in [6.07, 6.45) is 3.07. The Balaban J connectivity index is 1.99. The normalized spacial score (nSPS) is 16.4. The van der Waals surface area contributed by atoms with Crippen molar-refractivity contribution >= 4 is 15.7 Å². The van der Waals surface area contributed by atoms with Gasteiger partial charge in [-0.15, -0.1) is 0 Å². The molecule has 0 bridgehead atoms. The van der Waals surface area contributed by atoms with Gasteiger partial charge in [0.05, 0.1) is 6.54 Å². The minimum absolute atomic E-state index is 0.00239. The van der Waals surface area contributed by atoms with E-state index in [1.807, 2.05) is 0 Å². The molecule has 0 unspecified atom stereocenters. The maximum absolute atomic E-state index is 13.9. The van der Waals surface area contributed by atoms with Crippen LogP contribution in [-0.2, 0) is 14.6 Å². The summed E-state index contributed by atoms with van der Waals surface area (Å²) in [6.45, 7) is 1.98. The van der Waals surface area contributed by atoms with Crippen LogP contribution in [0.15, 0.2) is 23.1 Å². The van der Waals surface area contributed by atoms with Crippen molar-refractivity contribution in [1.82, 2.24) is 10.2 Å². The van der Waals surface area contributed by atoms with Gasteiger partial charge in [-0.1, -0.05) is 6.07 Å². The lowest BCUT2D eigenvalue weighted by Gasteiger charge is -2.19. The number of sulfone groups is 1. The van der Waals surface area contributed by atoms with Crippen molar-refractivity contribution in [3.63, 3.8) is 0 Å². The van der Waals surface area contributed by atoms with E-state index >= 15 is 0 Å². The van der Waals surface area contributed by atoms with Gasteiger partial charge < -0.3 is 10.2 Å². The van der Waals surface area contributed by atoms with E-state index in [0.717, 1.165) is 19.1 Å². The first-order valence-electron chi connectivity index (χ1n) is 7.18. The van der Waals surface area contributed by atoms with Crippen molar-refractivity contribution in [2.45, 2.75) is 36.7 Å². The number of carbonyl (C=O) groups is 1. The van der Waals surface area contributed by atoms with Gasteiger partial charge in [0, 0.05) is 25.4 Å². The molecule has 1 aromatic rings. The Labute approximate surface area is 130 Å². The van der Waals surface area contributed by atoms with Gasteiger partial charge >= 0.3 is 0 Å². The average Bonchev–Trinajstić information content (AvgIpc) is 3.26. The van der Waals surface area contributed by atoms with Crippen LogP contribution < -0.4 is 5.32 Å². The molecule has 22 heavy (non-hydrogen) atoms. The second kappa shape index (κ2) is 6.34. The minimum atomic E-state index is -3.57. The lowest BCUT2D eigenvalue weighted by atomic mass is 10.1. The van der Waals surface area contributed by atoms with E-state index in [-0.39, 0.29) is 23.4 Å². The molecule has 5 nitrogen and oxygen atoms in total. The van der Waals surface area contributed by atoms with Crippen molar-refractivity contribution in [1.29, 1.82) is 0 Å². The van der Waals surface area contributed by atoms with Crippen LogP contribution in [0.1, 0.15) is 31.4 Å². The van der Waals surface area contributed by atoms with Crippen LogP contribution >= 0.6 is 0 Å². The van der Waals surface area contributed by atoms with E-state index in [2.05, 4.69) is 5.32 Å². The second-order valence-electron chi connectivity index (χ2n) is 5.80. The Kier molecular flexibility index (Phi) is 4.87. The fraction of sp³-hybridized carbons (Fsp3) is 0.533. The van der Waals surface area contributed by atoms with Crippen LogP contribution in [0.5, 0.6) is 0 Å². The number of nitrogens with zero attached hydrogens (tertiary/aromatic N) is 1. The predicted octanol–water partition coefficient (Wildman–Crippen LogP) is 1.50. The lowest BCUT2D eigenvalue weighted by molar-refractivity contribution is -0.129. The molecular formula is C15H21FN2O3S. The maximum atomic E-state index is 13.9. The molecule has 0 saturated heterocycles. The third-order valence-electron chi connectivity index (χ3n) is 3.90. The molecule has 1 aliphatic rings. The maximum Gasteiger partial charge on any atom is 0.236 e. The predicted molar refractivity (Wildman–Crippen MR) is 81.7 cm³/mol. The van der Waals surface area contributed by atoms with Gasteiger partial charge in [-0.05, 0) is 37.5 Å². The van der Waals surface area contributed by atoms with Crippen LogP contribution in [0, 0.1) is 5.82 Å². The van der Waals surface area contributed by atoms with Crippen LogP contribution in [0.25, 0.3) is 0 Å². The second-order valence-corrected chi connectivity index (χ2v) is 7.78. The number of carbonyl (C=O) groups excluding carboxylic acids is 1. The van der Waals surface area contributed by atoms with Gasteiger partial charge in [-0.3, -0.25) is 4.79 Å². The molecule has 0 aromatic heterocycles. The number of hydrogen-bond donors (Lipinski definition) is 1. The van der Waals surface area contributed by atoms with Gasteiger partial charge in [0.1, 0.15) is 10.7 Å². The fourth-order valence-corrected chi connectivity index (χ4v) is 2.96. The molecule has 2 rings (SSSR count). The highest BCUT2D eigenvalue weighted by Gasteiger charge is 2.29. The van der Waals surface area contributed by atoms with Gasteiger partial charge in [0.2, 0.25) is 5.91 Å². The van der Waals surface area contributed by atoms with E-state index in [0.29, 0.717) is 11.6 Å². The summed E-state index contributed by atoms with van der Waals surface area (Å²) in [7, 11) is -1.79. The lowest BCUT2D eigenvalue weighted by Crippen LogP contribution is -2.37. The van der Waals surface area contributed by atoms with Crippen LogP contribution in [0.2, 0.25) is 0 Å². The Morgan fingerprint density at radius 1 is 1.45 bits per heavy atom. The van der Waals surface area contributed by atoms with E-state index in [4.69, 9.17) is 0 Å². The fourth-order valence-electron chi connectivity index (χ4n) is 2.24. The van der Waals surface area contributed by atoms with Gasteiger partial charge in [0.25, 0.3) is 0 Å². The Bertz CT molecular complexity index is 671. The van der Waals surface area contributed by atoms with Crippen molar-refractivity contribution in [2.24, 2.45) is 0 Å². The molecule has 0 aliphatic heterocycles. The molecule has 1 amide bonds. The highest BCUT2D eigenvalue weighted by atomic mass is 32.2. The van der Waals surface area contributed by atoms with Crippen molar-refractivity contribution in [3.8, 4) is 0 Å². The number of likely N-dealkylation sites (N-methyl/N-ethyl adjacent to an activating group) is 1. The summed E-state index contributed by atoms with van der Waals surface area (Å²) >= 11 is 0. The molecule has 1 aromatic carbocycles. The number of rotatable bonds is 6. The first kappa shape index (κ1) is 16.9. The number of halogens is 1. The Hall–Kier alpha value is -1.47. The van der Waals surface area contributed by atoms with Crippen molar-refractivity contribution in [2.75, 3.05) is 19.8 Å². The number of amides is 1. The summed E-state index contributed by atoms with van der Waals surface area (Å²) in [5, 5.41) is 3.04. The Morgan fingerprint density at radius 2 is 2.09 bits per heavy atom. The third kappa shape index (κ3) is 4.04. The van der Waals surface area contributed by atoms with E-state index in [1.54, 1.807) is 24.9 Å². The Morgan fingerprint density at radius 3 is 2.59 bits per heavy atom. The number of benzene rings is 1. The first-order chi connectivity index (χ1) is 10.2. The van der Waals surface area contributed by atoms with Gasteiger partial charge in [-0.2, -0.15) is 0 Å². The summed E-state index contributed by atoms with van der Waals surface area (Å²) < 4.78 is 36.6. The topological polar surface area (TPSA) is 66.5 Å². The zero-order valence-electron chi connectivity index (χ0n) is 13.0. The van der Waals surface area contributed by atoms with Crippen LogP contribution in [0.4, 0.5) is 4.39 Å². The van der Waals surface area contributed by atoms with E-state index in [1.165, 1.54) is 12.1 Å². The SMILES string of the molecule is C[C@H](NCC(=O)N(C)C1CC1)c1ccc(S(C)(=O)=O)c(F)c1. The van der Waals surface area contributed by atoms with E-state index < -0.39 is 15.7 Å². The minimum Gasteiger partial charge on any atom is -0.342 e. The smallest absolute Gasteiger partial charge is 0.236 e. The third-order valence-corrected chi connectivity index (χ3v) is 5.03. The van der Waals surface area contributed by atoms with E-state index in [9.17, 15) is 17.6 Å². The monoisotopic (exact) mass is 328 g/mol. The molecular weight excluding hydrogens is 307 g/mol. The quantitative estimate of drug-likeness (QED) is 0.859. The van der Waals surface area contributed by atoms with Crippen molar-refractivity contribution in [3.05, 3.63) is 29.6 Å². The highest BCUT2D eigenvalue weighted by molar-refractivity contribution is 7.90. The summed E-state index contributed by atoms with van der Waals surface area (Å²) in [4.78, 5) is 13.3. The molecule has 0 radical (unpaired) electrons. The first-order valence-corrected chi connectivity index (χ1v) is 9.08. The molecule has 7 heteroatoms. The van der Waals surface area contributed by atoms with Gasteiger partial charge in [0.15, 0.2) is 9.84 Å². The molecule has 1 N–H and O–H groups in total. The van der Waals surface area contributed by atoms with Crippen LogP contribution in [-0.4, -0.2) is 45.1 Å². The largest absolute Gasteiger partial charge is 0.342 e. The molecule has 1 fully saturated rings. The molecule has 0 heterocycles. The average molecular weight is 328 g/mol. The summed E-state index contributed by atoms with van der Waals surface area (Å²) in [5.74, 6) is -0.766. The molecule has 1 atom stereocenters. The molecule has 1 aliphatic carbocycles. The zero-order valence-corrected chi connectivity index (χ0v) is 13.8. The van der Waals surface area contributed by atoms with Crippen LogP contribution in [0.3, 0.4) is 0 Å². The summed E-state index contributed by atoms with van der Waals surface area (Å²) in [6, 6.07) is 4.13. The number of nitrogens with one attached hydrogen (secondary N) is 1. The zero-order chi connectivity index (χ0) is 16.5. The standard InChI is InChI=1S/C15H21FN2O3S/c1-10(17-9-15(19)18(2)12-5-6-12)11-4-7-14(13(16)8-11)22(3,20)21/h4,7-8,10,12,17H,5-6,9H2,1-3H3/t10-/m0/s1. The summed E-state index contributed by atoms with van der Waals surface area (Å²) in [5.41, 5.74) is 0.603.